The summed E-state index contributed by atoms with van der Waals surface area (Å²) in [6.45, 7) is 9.90. The lowest BCUT2D eigenvalue weighted by Crippen LogP contribution is -2.10. The third kappa shape index (κ3) is 5.51. The third-order valence-electron chi connectivity index (χ3n) is 6.46. The number of hydrogen-bond acceptors (Lipinski definition) is 7. The van der Waals surface area contributed by atoms with Crippen LogP contribution in [-0.4, -0.2) is 38.9 Å². The smallest absolute Gasteiger partial charge is 0.229 e. The van der Waals surface area contributed by atoms with Gasteiger partial charge >= 0.3 is 0 Å². The van der Waals surface area contributed by atoms with Crippen molar-refractivity contribution in [3.05, 3.63) is 53.7 Å². The summed E-state index contributed by atoms with van der Waals surface area (Å²) >= 11 is 0. The number of aryl methyl sites for hydroxylation is 1. The summed E-state index contributed by atoms with van der Waals surface area (Å²) in [5.74, 6) is 1.94. The van der Waals surface area contributed by atoms with Crippen molar-refractivity contribution in [1.82, 2.24) is 25.1 Å². The van der Waals surface area contributed by atoms with Crippen LogP contribution >= 0.6 is 0 Å². The molecule has 0 amide bonds. The molecule has 3 aromatic rings. The molecule has 1 unspecified atom stereocenters. The van der Waals surface area contributed by atoms with E-state index < -0.39 is 0 Å². The molecule has 36 heavy (non-hydrogen) atoms. The van der Waals surface area contributed by atoms with Gasteiger partial charge in [-0.05, 0) is 49.8 Å². The van der Waals surface area contributed by atoms with E-state index in [1.165, 1.54) is 6.07 Å². The van der Waals surface area contributed by atoms with Crippen LogP contribution < -0.4 is 20.7 Å². The molecule has 2 fully saturated rings. The Morgan fingerprint density at radius 3 is 2.78 bits per heavy atom. The molecule has 1 saturated heterocycles. The van der Waals surface area contributed by atoms with Gasteiger partial charge in [-0.25, -0.2) is 9.37 Å². The highest BCUT2D eigenvalue weighted by Crippen LogP contribution is 2.38. The molecule has 190 valence electrons. The Balaban J connectivity index is 1.44. The fraction of sp³-hybridized carbons (Fsp3) is 0.444. The van der Waals surface area contributed by atoms with E-state index in [-0.39, 0.29) is 17.8 Å². The lowest BCUT2D eigenvalue weighted by atomic mass is 9.97. The molecule has 8 nitrogen and oxygen atoms in total. The van der Waals surface area contributed by atoms with Crippen LogP contribution in [-0.2, 0) is 13.5 Å². The van der Waals surface area contributed by atoms with Crippen LogP contribution in [0.1, 0.15) is 55.8 Å². The van der Waals surface area contributed by atoms with Crippen molar-refractivity contribution < 1.29 is 9.13 Å². The van der Waals surface area contributed by atoms with Crippen LogP contribution in [0.2, 0.25) is 0 Å². The maximum absolute atomic E-state index is 15.2. The van der Waals surface area contributed by atoms with Crippen molar-refractivity contribution in [3.8, 4) is 5.75 Å². The zero-order valence-corrected chi connectivity index (χ0v) is 21.1. The minimum atomic E-state index is -0.246. The van der Waals surface area contributed by atoms with E-state index >= 15 is 4.39 Å². The molecule has 0 bridgehead atoms. The van der Waals surface area contributed by atoms with Crippen molar-refractivity contribution >= 4 is 29.2 Å². The summed E-state index contributed by atoms with van der Waals surface area (Å²) in [6, 6.07) is 3.35. The highest BCUT2D eigenvalue weighted by molar-refractivity contribution is 5.71. The first-order valence-electron chi connectivity index (χ1n) is 12.7. The molecule has 1 aromatic carbocycles. The lowest BCUT2D eigenvalue weighted by Gasteiger charge is -2.18. The van der Waals surface area contributed by atoms with Crippen LogP contribution in [0.3, 0.4) is 0 Å². The van der Waals surface area contributed by atoms with Crippen LogP contribution in [0.25, 0.3) is 6.08 Å². The number of halogens is 1. The topological polar surface area (TPSA) is 88.9 Å². The second kappa shape index (κ2) is 10.3. The van der Waals surface area contributed by atoms with Gasteiger partial charge in [0.15, 0.2) is 0 Å². The number of hydrogen-bond donors (Lipinski definition) is 3. The minimum absolute atomic E-state index is 0.152. The average molecular weight is 492 g/mol. The molecule has 2 aromatic heterocycles. The molecule has 1 aliphatic heterocycles. The summed E-state index contributed by atoms with van der Waals surface area (Å²) in [4.78, 5) is 9.15. The molecule has 0 radical (unpaired) electrons. The zero-order chi connectivity index (χ0) is 25.2. The van der Waals surface area contributed by atoms with Crippen LogP contribution in [0.5, 0.6) is 5.75 Å². The second-order valence-electron chi connectivity index (χ2n) is 10.1. The zero-order valence-electron chi connectivity index (χ0n) is 21.1. The normalized spacial score (nSPS) is 17.4. The number of rotatable bonds is 10. The SMILES string of the molecule is C=Cc1cnc(Nc2cc(F)c(C3CCNC3)cc2OC2CC2)nc1Nc1cn(C)nc1CC(C)C. The quantitative estimate of drug-likeness (QED) is 0.355. The maximum atomic E-state index is 15.2. The van der Waals surface area contributed by atoms with E-state index in [4.69, 9.17) is 9.72 Å². The van der Waals surface area contributed by atoms with Gasteiger partial charge in [-0.15, -0.1) is 0 Å². The van der Waals surface area contributed by atoms with Gasteiger partial charge < -0.3 is 20.7 Å². The fourth-order valence-corrected chi connectivity index (χ4v) is 4.49. The van der Waals surface area contributed by atoms with Gasteiger partial charge in [0.1, 0.15) is 17.4 Å². The Labute approximate surface area is 211 Å². The number of nitrogens with zero attached hydrogens (tertiary/aromatic N) is 4. The first kappa shape index (κ1) is 24.2. The highest BCUT2D eigenvalue weighted by atomic mass is 19.1. The van der Waals surface area contributed by atoms with Gasteiger partial charge in [0.2, 0.25) is 5.95 Å². The van der Waals surface area contributed by atoms with Gasteiger partial charge in [-0.1, -0.05) is 26.5 Å². The summed E-state index contributed by atoms with van der Waals surface area (Å²) < 4.78 is 23.1. The minimum Gasteiger partial charge on any atom is -0.488 e. The van der Waals surface area contributed by atoms with Gasteiger partial charge in [0.25, 0.3) is 0 Å². The first-order chi connectivity index (χ1) is 17.4. The van der Waals surface area contributed by atoms with E-state index in [2.05, 4.69) is 46.5 Å². The Hall–Kier alpha value is -3.46. The molecule has 9 heteroatoms. The predicted octanol–water partition coefficient (Wildman–Crippen LogP) is 5.30. The lowest BCUT2D eigenvalue weighted by molar-refractivity contribution is 0.303. The molecule has 1 saturated carbocycles. The number of benzene rings is 1. The molecule has 1 atom stereocenters. The molecule has 0 spiro atoms. The molecular formula is C27H34FN7O. The van der Waals surface area contributed by atoms with Crippen LogP contribution in [0.15, 0.2) is 31.1 Å². The number of aromatic nitrogens is 4. The standard InChI is InChI=1S/C27H34FN7O/c1-5-17-14-30-27(33-26(17)31-24-15-35(4)34-22(24)10-16(2)3)32-23-12-21(28)20(18-8-9-29-13-18)11-25(23)36-19-6-7-19/h5,11-12,14-16,18-19,29H,1,6-10,13H2,2-4H3,(H2,30,31,32,33). The molecule has 3 heterocycles. The van der Waals surface area contributed by atoms with E-state index in [1.807, 2.05) is 19.3 Å². The summed E-state index contributed by atoms with van der Waals surface area (Å²) in [6.07, 6.45) is 9.30. The van der Waals surface area contributed by atoms with E-state index in [0.29, 0.717) is 34.7 Å². The molecule has 2 aliphatic rings. The number of ether oxygens (including phenoxy) is 1. The molecule has 1 aliphatic carbocycles. The predicted molar refractivity (Wildman–Crippen MR) is 141 cm³/mol. The average Bonchev–Trinajstić information content (AvgIpc) is 3.35. The van der Waals surface area contributed by atoms with Crippen molar-refractivity contribution in [3.63, 3.8) is 0 Å². The highest BCUT2D eigenvalue weighted by Gasteiger charge is 2.28. The number of nitrogens with one attached hydrogen (secondary N) is 3. The van der Waals surface area contributed by atoms with Gasteiger partial charge in [-0.2, -0.15) is 10.1 Å². The van der Waals surface area contributed by atoms with Crippen molar-refractivity contribution in [2.24, 2.45) is 13.0 Å². The van der Waals surface area contributed by atoms with E-state index in [1.54, 1.807) is 17.0 Å². The van der Waals surface area contributed by atoms with Gasteiger partial charge in [0, 0.05) is 43.5 Å². The molecular weight excluding hydrogens is 457 g/mol. The Morgan fingerprint density at radius 1 is 1.25 bits per heavy atom. The Bertz CT molecular complexity index is 1250. The van der Waals surface area contributed by atoms with Crippen molar-refractivity contribution in [2.75, 3.05) is 23.7 Å². The molecule has 5 rings (SSSR count). The summed E-state index contributed by atoms with van der Waals surface area (Å²) in [5.41, 5.74) is 3.82. The van der Waals surface area contributed by atoms with Crippen LogP contribution in [0.4, 0.5) is 27.5 Å². The van der Waals surface area contributed by atoms with Gasteiger partial charge in [0.05, 0.1) is 23.2 Å². The van der Waals surface area contributed by atoms with Crippen molar-refractivity contribution in [2.45, 2.75) is 51.6 Å². The van der Waals surface area contributed by atoms with Gasteiger partial charge in [-0.3, -0.25) is 4.68 Å². The fourth-order valence-electron chi connectivity index (χ4n) is 4.49. The summed E-state index contributed by atoms with van der Waals surface area (Å²) in [7, 11) is 1.90. The first-order valence-corrected chi connectivity index (χ1v) is 12.7. The summed E-state index contributed by atoms with van der Waals surface area (Å²) in [5, 5.41) is 14.5. The Morgan fingerprint density at radius 2 is 2.08 bits per heavy atom. The van der Waals surface area contributed by atoms with Crippen LogP contribution in [0, 0.1) is 11.7 Å². The Kier molecular flexibility index (Phi) is 6.91. The van der Waals surface area contributed by atoms with Crippen molar-refractivity contribution in [1.29, 1.82) is 0 Å². The maximum Gasteiger partial charge on any atom is 0.229 e. The second-order valence-corrected chi connectivity index (χ2v) is 10.1. The monoisotopic (exact) mass is 491 g/mol. The van der Waals surface area contributed by atoms with E-state index in [0.717, 1.165) is 55.7 Å². The molecule has 3 N–H and O–H groups in total. The third-order valence-corrected chi connectivity index (χ3v) is 6.46. The number of anilines is 4. The van der Waals surface area contributed by atoms with E-state index in [9.17, 15) is 0 Å². The largest absolute Gasteiger partial charge is 0.488 e.